The van der Waals surface area contributed by atoms with Crippen LogP contribution in [0.2, 0.25) is 0 Å². The van der Waals surface area contributed by atoms with Crippen LogP contribution in [0.4, 0.5) is 0 Å². The molecule has 2 rings (SSSR count). The Balaban J connectivity index is 2.44. The molecule has 3 heteroatoms. The molecule has 0 aliphatic heterocycles. The molecule has 1 aromatic carbocycles. The quantitative estimate of drug-likeness (QED) is 0.876. The largest absolute Gasteiger partial charge is 0.497 e. The molecular weight excluding hydrogens is 218 g/mol. The Kier molecular flexibility index (Phi) is 3.59. The third kappa shape index (κ3) is 2.26. The van der Waals surface area contributed by atoms with E-state index >= 15 is 0 Å². The Bertz CT molecular complexity index is 451. The van der Waals surface area contributed by atoms with Gasteiger partial charge in [0.25, 0.3) is 0 Å². The zero-order valence-corrected chi connectivity index (χ0v) is 10.3. The molecule has 0 unspecified atom stereocenters. The molecule has 84 valence electrons. The van der Waals surface area contributed by atoms with Crippen molar-refractivity contribution < 1.29 is 4.74 Å². The van der Waals surface area contributed by atoms with E-state index in [9.17, 15) is 0 Å². The number of methoxy groups -OCH3 is 1. The van der Waals surface area contributed by atoms with Crippen molar-refractivity contribution in [1.29, 1.82) is 0 Å². The molecule has 0 spiro atoms. The average molecular weight is 233 g/mol. The van der Waals surface area contributed by atoms with E-state index < -0.39 is 0 Å². The van der Waals surface area contributed by atoms with Gasteiger partial charge in [0.2, 0.25) is 0 Å². The van der Waals surface area contributed by atoms with Crippen LogP contribution in [0.5, 0.6) is 5.75 Å². The fourth-order valence-electron chi connectivity index (χ4n) is 1.73. The number of rotatable bonds is 4. The van der Waals surface area contributed by atoms with Crippen LogP contribution in [0, 0.1) is 0 Å². The van der Waals surface area contributed by atoms with Gasteiger partial charge in [0.1, 0.15) is 5.75 Å². The van der Waals surface area contributed by atoms with Crippen LogP contribution in [0.3, 0.4) is 0 Å². The average Bonchev–Trinajstić information content (AvgIpc) is 2.83. The molecule has 1 aromatic heterocycles. The molecule has 2 aromatic rings. The van der Waals surface area contributed by atoms with Crippen molar-refractivity contribution in [3.63, 3.8) is 0 Å². The van der Waals surface area contributed by atoms with Gasteiger partial charge in [0.05, 0.1) is 7.11 Å². The first kappa shape index (κ1) is 11.2. The highest BCUT2D eigenvalue weighted by Gasteiger charge is 2.06. The fourth-order valence-corrected chi connectivity index (χ4v) is 2.39. The van der Waals surface area contributed by atoms with Gasteiger partial charge in [-0.05, 0) is 52.7 Å². The molecule has 0 amide bonds. The Labute approximate surface area is 99.9 Å². The van der Waals surface area contributed by atoms with Crippen LogP contribution in [0.15, 0.2) is 35.0 Å². The van der Waals surface area contributed by atoms with Crippen molar-refractivity contribution in [3.05, 3.63) is 40.6 Å². The van der Waals surface area contributed by atoms with E-state index in [-0.39, 0.29) is 0 Å². The van der Waals surface area contributed by atoms with Gasteiger partial charge in [-0.3, -0.25) is 0 Å². The number of nitrogens with one attached hydrogen (secondary N) is 1. The van der Waals surface area contributed by atoms with Crippen LogP contribution in [-0.4, -0.2) is 14.2 Å². The first-order valence-corrected chi connectivity index (χ1v) is 6.13. The van der Waals surface area contributed by atoms with Gasteiger partial charge < -0.3 is 10.1 Å². The summed E-state index contributed by atoms with van der Waals surface area (Å²) in [4.78, 5) is 0. The summed E-state index contributed by atoms with van der Waals surface area (Å²) >= 11 is 1.72. The van der Waals surface area contributed by atoms with E-state index in [1.807, 2.05) is 13.1 Å². The van der Waals surface area contributed by atoms with Gasteiger partial charge in [0.15, 0.2) is 0 Å². The maximum atomic E-state index is 5.25. The van der Waals surface area contributed by atoms with E-state index in [2.05, 4.69) is 34.3 Å². The van der Waals surface area contributed by atoms with E-state index in [4.69, 9.17) is 4.74 Å². The lowest BCUT2D eigenvalue weighted by molar-refractivity contribution is 0.414. The Morgan fingerprint density at radius 1 is 1.31 bits per heavy atom. The maximum Gasteiger partial charge on any atom is 0.119 e. The van der Waals surface area contributed by atoms with Crippen molar-refractivity contribution in [3.8, 4) is 16.9 Å². The Hall–Kier alpha value is -1.32. The van der Waals surface area contributed by atoms with Gasteiger partial charge >= 0.3 is 0 Å². The second-order valence-electron chi connectivity index (χ2n) is 3.57. The maximum absolute atomic E-state index is 5.25. The lowest BCUT2D eigenvalue weighted by Crippen LogP contribution is -2.06. The zero-order valence-electron chi connectivity index (χ0n) is 9.49. The number of benzene rings is 1. The summed E-state index contributed by atoms with van der Waals surface area (Å²) in [5.74, 6) is 0.907. The lowest BCUT2D eigenvalue weighted by Gasteiger charge is -2.10. The standard InChI is InChI=1S/C13H15NOS/c1-14-8-11-7-12(15-2)3-4-13(11)10-5-6-16-9-10/h3-7,9,14H,8H2,1-2H3. The zero-order chi connectivity index (χ0) is 11.4. The number of ether oxygens (including phenoxy) is 1. The summed E-state index contributed by atoms with van der Waals surface area (Å²) in [6.07, 6.45) is 0. The molecule has 0 saturated carbocycles. The summed E-state index contributed by atoms with van der Waals surface area (Å²) in [6, 6.07) is 8.36. The van der Waals surface area contributed by atoms with Crippen LogP contribution < -0.4 is 10.1 Å². The monoisotopic (exact) mass is 233 g/mol. The summed E-state index contributed by atoms with van der Waals surface area (Å²) < 4.78 is 5.25. The lowest BCUT2D eigenvalue weighted by atomic mass is 10.0. The Morgan fingerprint density at radius 2 is 2.19 bits per heavy atom. The summed E-state index contributed by atoms with van der Waals surface area (Å²) in [6.45, 7) is 0.850. The van der Waals surface area contributed by atoms with Gasteiger partial charge in [-0.25, -0.2) is 0 Å². The third-order valence-corrected chi connectivity index (χ3v) is 3.20. The molecule has 16 heavy (non-hydrogen) atoms. The number of thiophene rings is 1. The minimum Gasteiger partial charge on any atom is -0.497 e. The van der Waals surface area contributed by atoms with E-state index in [0.717, 1.165) is 12.3 Å². The fraction of sp³-hybridized carbons (Fsp3) is 0.231. The predicted molar refractivity (Wildman–Crippen MR) is 69.1 cm³/mol. The molecule has 0 aliphatic rings. The van der Waals surface area contributed by atoms with Crippen molar-refractivity contribution >= 4 is 11.3 Å². The van der Waals surface area contributed by atoms with Crippen molar-refractivity contribution in [1.82, 2.24) is 5.32 Å². The summed E-state index contributed by atoms with van der Waals surface area (Å²) in [5.41, 5.74) is 3.81. The first-order chi connectivity index (χ1) is 7.85. The van der Waals surface area contributed by atoms with Crippen molar-refractivity contribution in [2.45, 2.75) is 6.54 Å². The minimum absolute atomic E-state index is 0.850. The minimum atomic E-state index is 0.850. The van der Waals surface area contributed by atoms with Gasteiger partial charge in [-0.1, -0.05) is 6.07 Å². The molecular formula is C13H15NOS. The van der Waals surface area contributed by atoms with Gasteiger partial charge in [-0.15, -0.1) is 0 Å². The highest BCUT2D eigenvalue weighted by Crippen LogP contribution is 2.28. The van der Waals surface area contributed by atoms with Crippen molar-refractivity contribution in [2.75, 3.05) is 14.2 Å². The topological polar surface area (TPSA) is 21.3 Å². The second kappa shape index (κ2) is 5.14. The first-order valence-electron chi connectivity index (χ1n) is 5.19. The molecule has 1 N–H and O–H groups in total. The molecule has 1 heterocycles. The molecule has 0 bridgehead atoms. The molecule has 0 aliphatic carbocycles. The summed E-state index contributed by atoms with van der Waals surface area (Å²) in [5, 5.41) is 7.45. The second-order valence-corrected chi connectivity index (χ2v) is 4.35. The van der Waals surface area contributed by atoms with E-state index in [0.29, 0.717) is 0 Å². The van der Waals surface area contributed by atoms with Crippen LogP contribution in [0.1, 0.15) is 5.56 Å². The smallest absolute Gasteiger partial charge is 0.119 e. The van der Waals surface area contributed by atoms with E-state index in [1.165, 1.54) is 16.7 Å². The number of hydrogen-bond donors (Lipinski definition) is 1. The number of hydrogen-bond acceptors (Lipinski definition) is 3. The summed E-state index contributed by atoms with van der Waals surface area (Å²) in [7, 11) is 3.65. The van der Waals surface area contributed by atoms with Gasteiger partial charge in [0, 0.05) is 6.54 Å². The van der Waals surface area contributed by atoms with E-state index in [1.54, 1.807) is 18.4 Å². The normalized spacial score (nSPS) is 10.4. The highest BCUT2D eigenvalue weighted by molar-refractivity contribution is 7.08. The molecule has 0 fully saturated rings. The molecule has 2 nitrogen and oxygen atoms in total. The SMILES string of the molecule is CNCc1cc(OC)ccc1-c1ccsc1. The molecule has 0 atom stereocenters. The predicted octanol–water partition coefficient (Wildman–Crippen LogP) is 3.14. The van der Waals surface area contributed by atoms with Crippen LogP contribution >= 0.6 is 11.3 Å². The molecule has 0 saturated heterocycles. The van der Waals surface area contributed by atoms with Crippen LogP contribution in [0.25, 0.3) is 11.1 Å². The highest BCUT2D eigenvalue weighted by atomic mass is 32.1. The van der Waals surface area contributed by atoms with Gasteiger partial charge in [-0.2, -0.15) is 11.3 Å². The van der Waals surface area contributed by atoms with Crippen LogP contribution in [-0.2, 0) is 6.54 Å². The molecule has 0 radical (unpaired) electrons. The van der Waals surface area contributed by atoms with Crippen molar-refractivity contribution in [2.24, 2.45) is 0 Å². The third-order valence-electron chi connectivity index (χ3n) is 2.51. The Morgan fingerprint density at radius 3 is 2.81 bits per heavy atom.